The quantitative estimate of drug-likeness (QED) is 0.714. The summed E-state index contributed by atoms with van der Waals surface area (Å²) in [6, 6.07) is 19.0. The van der Waals surface area contributed by atoms with Gasteiger partial charge in [-0.1, -0.05) is 29.8 Å². The molecule has 0 radical (unpaired) electrons. The molecular formula is C22H24N4. The van der Waals surface area contributed by atoms with E-state index in [1.54, 1.807) is 0 Å². The van der Waals surface area contributed by atoms with Crippen LogP contribution < -0.4 is 10.2 Å². The number of rotatable bonds is 4. The van der Waals surface area contributed by atoms with Crippen molar-refractivity contribution in [1.29, 1.82) is 0 Å². The first-order chi connectivity index (χ1) is 12.7. The van der Waals surface area contributed by atoms with Gasteiger partial charge in [-0.2, -0.15) is 0 Å². The fourth-order valence-electron chi connectivity index (χ4n) is 3.38. The average Bonchev–Trinajstić information content (AvgIpc) is 3.17. The second-order valence-electron chi connectivity index (χ2n) is 6.92. The van der Waals surface area contributed by atoms with Crippen LogP contribution in [0.5, 0.6) is 0 Å². The number of aryl methyl sites for hydroxylation is 2. The lowest BCUT2D eigenvalue weighted by Gasteiger charge is -2.18. The second kappa shape index (κ2) is 7.16. The van der Waals surface area contributed by atoms with E-state index in [2.05, 4.69) is 75.6 Å². The van der Waals surface area contributed by atoms with E-state index < -0.39 is 0 Å². The SMILES string of the molecule is Cc1ccc(-c2cc(Nc3ccc(N4CCCC4)cc3)nc(C)n2)cc1. The lowest BCUT2D eigenvalue weighted by atomic mass is 10.1. The maximum absolute atomic E-state index is 4.58. The van der Waals surface area contributed by atoms with Gasteiger partial charge >= 0.3 is 0 Å². The molecule has 0 amide bonds. The highest BCUT2D eigenvalue weighted by atomic mass is 15.1. The molecule has 1 fully saturated rings. The molecule has 1 aliphatic heterocycles. The Labute approximate surface area is 154 Å². The van der Waals surface area contributed by atoms with Crippen molar-refractivity contribution in [3.05, 3.63) is 66.0 Å². The largest absolute Gasteiger partial charge is 0.372 e. The molecule has 4 heteroatoms. The molecule has 0 bridgehead atoms. The number of anilines is 3. The first kappa shape index (κ1) is 16.6. The van der Waals surface area contributed by atoms with Gasteiger partial charge in [0.2, 0.25) is 0 Å². The Morgan fingerprint density at radius 3 is 2.23 bits per heavy atom. The summed E-state index contributed by atoms with van der Waals surface area (Å²) < 4.78 is 0. The zero-order chi connectivity index (χ0) is 17.9. The zero-order valence-corrected chi connectivity index (χ0v) is 15.4. The summed E-state index contributed by atoms with van der Waals surface area (Å²) in [5.74, 6) is 1.58. The Kier molecular flexibility index (Phi) is 4.57. The number of hydrogen-bond donors (Lipinski definition) is 1. The van der Waals surface area contributed by atoms with Gasteiger partial charge in [0, 0.05) is 36.1 Å². The van der Waals surface area contributed by atoms with Crippen LogP contribution in [0.2, 0.25) is 0 Å². The molecule has 3 aromatic rings. The van der Waals surface area contributed by atoms with E-state index in [4.69, 9.17) is 0 Å². The van der Waals surface area contributed by atoms with Crippen LogP contribution in [0.25, 0.3) is 11.3 Å². The summed E-state index contributed by atoms with van der Waals surface area (Å²) in [5.41, 5.74) is 5.63. The van der Waals surface area contributed by atoms with Crippen molar-refractivity contribution < 1.29 is 0 Å². The third-order valence-electron chi connectivity index (χ3n) is 4.80. The molecule has 4 nitrogen and oxygen atoms in total. The molecular weight excluding hydrogens is 320 g/mol. The van der Waals surface area contributed by atoms with Gasteiger partial charge in [-0.05, 0) is 51.0 Å². The molecule has 1 N–H and O–H groups in total. The maximum Gasteiger partial charge on any atom is 0.134 e. The van der Waals surface area contributed by atoms with Gasteiger partial charge in [-0.25, -0.2) is 9.97 Å². The normalized spacial score (nSPS) is 13.8. The molecule has 0 saturated carbocycles. The lowest BCUT2D eigenvalue weighted by Crippen LogP contribution is -2.17. The van der Waals surface area contributed by atoms with E-state index in [0.29, 0.717) is 0 Å². The highest BCUT2D eigenvalue weighted by Crippen LogP contribution is 2.25. The molecule has 1 aliphatic rings. The van der Waals surface area contributed by atoms with Crippen LogP contribution in [0.3, 0.4) is 0 Å². The van der Waals surface area contributed by atoms with Crippen molar-refractivity contribution in [3.63, 3.8) is 0 Å². The van der Waals surface area contributed by atoms with Gasteiger partial charge in [-0.15, -0.1) is 0 Å². The fourth-order valence-corrected chi connectivity index (χ4v) is 3.38. The molecule has 132 valence electrons. The van der Waals surface area contributed by atoms with Gasteiger partial charge in [0.05, 0.1) is 5.69 Å². The smallest absolute Gasteiger partial charge is 0.134 e. The lowest BCUT2D eigenvalue weighted by molar-refractivity contribution is 0.949. The van der Waals surface area contributed by atoms with Crippen LogP contribution in [0.4, 0.5) is 17.2 Å². The number of hydrogen-bond acceptors (Lipinski definition) is 4. The molecule has 1 aromatic heterocycles. The van der Waals surface area contributed by atoms with Crippen LogP contribution in [0.15, 0.2) is 54.6 Å². The first-order valence-corrected chi connectivity index (χ1v) is 9.22. The van der Waals surface area contributed by atoms with E-state index in [0.717, 1.165) is 41.7 Å². The summed E-state index contributed by atoms with van der Waals surface area (Å²) in [7, 11) is 0. The maximum atomic E-state index is 4.58. The summed E-state index contributed by atoms with van der Waals surface area (Å²) in [6.07, 6.45) is 2.59. The molecule has 4 rings (SSSR count). The monoisotopic (exact) mass is 344 g/mol. The fraction of sp³-hybridized carbons (Fsp3) is 0.273. The van der Waals surface area contributed by atoms with Crippen molar-refractivity contribution >= 4 is 17.2 Å². The molecule has 0 unspecified atom stereocenters. The summed E-state index contributed by atoms with van der Waals surface area (Å²) in [4.78, 5) is 11.6. The summed E-state index contributed by atoms with van der Waals surface area (Å²) in [5, 5.41) is 3.41. The van der Waals surface area contributed by atoms with E-state index in [1.165, 1.54) is 24.1 Å². The second-order valence-corrected chi connectivity index (χ2v) is 6.92. The van der Waals surface area contributed by atoms with Gasteiger partial charge in [0.25, 0.3) is 0 Å². The Hall–Kier alpha value is -2.88. The van der Waals surface area contributed by atoms with Crippen molar-refractivity contribution in [3.8, 4) is 11.3 Å². The molecule has 1 saturated heterocycles. The van der Waals surface area contributed by atoms with Crippen molar-refractivity contribution in [2.24, 2.45) is 0 Å². The Bertz CT molecular complexity index is 879. The minimum Gasteiger partial charge on any atom is -0.372 e. The Morgan fingerprint density at radius 2 is 1.54 bits per heavy atom. The zero-order valence-electron chi connectivity index (χ0n) is 15.4. The van der Waals surface area contributed by atoms with Crippen LogP contribution in [0, 0.1) is 13.8 Å². The molecule has 0 spiro atoms. The van der Waals surface area contributed by atoms with Crippen LogP contribution in [-0.2, 0) is 0 Å². The minimum absolute atomic E-state index is 0.763. The highest BCUT2D eigenvalue weighted by molar-refractivity contribution is 5.67. The first-order valence-electron chi connectivity index (χ1n) is 9.22. The predicted octanol–water partition coefficient (Wildman–Crippen LogP) is 5.10. The van der Waals surface area contributed by atoms with Crippen LogP contribution >= 0.6 is 0 Å². The van der Waals surface area contributed by atoms with Gasteiger partial charge < -0.3 is 10.2 Å². The topological polar surface area (TPSA) is 41.0 Å². The van der Waals surface area contributed by atoms with Gasteiger partial charge in [0.1, 0.15) is 11.6 Å². The van der Waals surface area contributed by atoms with Crippen molar-refractivity contribution in [1.82, 2.24) is 9.97 Å². The van der Waals surface area contributed by atoms with E-state index in [1.807, 2.05) is 13.0 Å². The predicted molar refractivity (Wildman–Crippen MR) is 108 cm³/mol. The third-order valence-corrected chi connectivity index (χ3v) is 4.80. The Morgan fingerprint density at radius 1 is 0.846 bits per heavy atom. The Balaban J connectivity index is 1.55. The number of benzene rings is 2. The molecule has 2 heterocycles. The van der Waals surface area contributed by atoms with Gasteiger partial charge in [0.15, 0.2) is 0 Å². The summed E-state index contributed by atoms with van der Waals surface area (Å²) in [6.45, 7) is 6.35. The highest BCUT2D eigenvalue weighted by Gasteiger charge is 2.12. The molecule has 26 heavy (non-hydrogen) atoms. The van der Waals surface area contributed by atoms with Crippen LogP contribution in [-0.4, -0.2) is 23.1 Å². The van der Waals surface area contributed by atoms with Crippen molar-refractivity contribution in [2.75, 3.05) is 23.3 Å². The van der Waals surface area contributed by atoms with E-state index in [9.17, 15) is 0 Å². The van der Waals surface area contributed by atoms with Crippen LogP contribution in [0.1, 0.15) is 24.2 Å². The summed E-state index contributed by atoms with van der Waals surface area (Å²) >= 11 is 0. The standard InChI is InChI=1S/C22H24N4/c1-16-5-7-18(8-6-16)21-15-22(24-17(2)23-21)25-19-9-11-20(12-10-19)26-13-3-4-14-26/h5-12,15H,3-4,13-14H2,1-2H3,(H,23,24,25). The number of nitrogens with one attached hydrogen (secondary N) is 1. The average molecular weight is 344 g/mol. The number of nitrogens with zero attached hydrogens (tertiary/aromatic N) is 3. The molecule has 0 atom stereocenters. The number of aromatic nitrogens is 2. The van der Waals surface area contributed by atoms with Gasteiger partial charge in [-0.3, -0.25) is 0 Å². The van der Waals surface area contributed by atoms with Crippen molar-refractivity contribution in [2.45, 2.75) is 26.7 Å². The molecule has 0 aliphatic carbocycles. The molecule has 2 aromatic carbocycles. The van der Waals surface area contributed by atoms with E-state index in [-0.39, 0.29) is 0 Å². The van der Waals surface area contributed by atoms with E-state index >= 15 is 0 Å². The minimum atomic E-state index is 0.763. The third kappa shape index (κ3) is 3.69.